The fourth-order valence-electron chi connectivity index (χ4n) is 2.26. The Balaban J connectivity index is 1.87. The number of benzene rings is 1. The zero-order valence-corrected chi connectivity index (χ0v) is 12.6. The lowest BCUT2D eigenvalue weighted by Gasteiger charge is -2.21. The molecular weight excluding hydrogens is 293 g/mol. The summed E-state index contributed by atoms with van der Waals surface area (Å²) in [6.45, 7) is 1.59. The summed E-state index contributed by atoms with van der Waals surface area (Å²) in [4.78, 5) is 24.4. The van der Waals surface area contributed by atoms with Crippen molar-refractivity contribution in [2.75, 3.05) is 13.1 Å². The van der Waals surface area contributed by atoms with E-state index in [1.807, 2.05) is 30.3 Å². The molecule has 1 N–H and O–H groups in total. The third kappa shape index (κ3) is 3.75. The Bertz CT molecular complexity index is 525. The zero-order chi connectivity index (χ0) is 15.5. The number of carboxylic acid groups (broad SMARTS) is 1. The van der Waals surface area contributed by atoms with Gasteiger partial charge in [-0.2, -0.15) is 0 Å². The zero-order valence-electron chi connectivity index (χ0n) is 11.8. The first-order chi connectivity index (χ1) is 9.92. The lowest BCUT2D eigenvalue weighted by Crippen LogP contribution is -2.41. The molecule has 0 bridgehead atoms. The quantitative estimate of drug-likeness (QED) is 0.907. The number of carbonyl (C=O) groups excluding carboxylic acids is 1. The van der Waals surface area contributed by atoms with Crippen LogP contribution in [-0.4, -0.2) is 45.9 Å². The third-order valence-electron chi connectivity index (χ3n) is 3.61. The van der Waals surface area contributed by atoms with Crippen molar-refractivity contribution in [1.82, 2.24) is 4.90 Å². The number of hydrogen-bond donors (Lipinski definition) is 1. The summed E-state index contributed by atoms with van der Waals surface area (Å²) >= 11 is 1.47. The molecule has 1 heterocycles. The van der Waals surface area contributed by atoms with Crippen molar-refractivity contribution >= 4 is 23.6 Å². The molecule has 4 nitrogen and oxygen atoms in total. The van der Waals surface area contributed by atoms with Gasteiger partial charge in [-0.1, -0.05) is 30.3 Å². The Morgan fingerprint density at radius 3 is 2.67 bits per heavy atom. The molecule has 1 saturated heterocycles. The van der Waals surface area contributed by atoms with E-state index in [0.29, 0.717) is 5.75 Å². The van der Waals surface area contributed by atoms with Crippen LogP contribution in [0.5, 0.6) is 0 Å². The van der Waals surface area contributed by atoms with Crippen molar-refractivity contribution in [3.63, 3.8) is 0 Å². The molecule has 2 atom stereocenters. The fourth-order valence-corrected chi connectivity index (χ4v) is 3.19. The van der Waals surface area contributed by atoms with Crippen LogP contribution in [0, 0.1) is 0 Å². The number of aliphatic carboxylic acids is 1. The number of likely N-dealkylation sites (tertiary alicyclic amines) is 1. The first kappa shape index (κ1) is 15.8. The van der Waals surface area contributed by atoms with Crippen LogP contribution in [0.25, 0.3) is 0 Å². The van der Waals surface area contributed by atoms with Crippen molar-refractivity contribution in [1.29, 1.82) is 0 Å². The highest BCUT2D eigenvalue weighted by Crippen LogP contribution is 2.28. The molecule has 1 aliphatic rings. The molecule has 1 fully saturated rings. The van der Waals surface area contributed by atoms with Gasteiger partial charge in [0.15, 0.2) is 0 Å². The van der Waals surface area contributed by atoms with Crippen LogP contribution >= 0.6 is 11.8 Å². The number of nitrogens with zero attached hydrogens (tertiary/aromatic N) is 1. The minimum absolute atomic E-state index is 0.135. The van der Waals surface area contributed by atoms with Crippen LogP contribution < -0.4 is 0 Å². The van der Waals surface area contributed by atoms with E-state index in [9.17, 15) is 14.0 Å². The summed E-state index contributed by atoms with van der Waals surface area (Å²) in [5.41, 5.74) is -1.17. The molecular formula is C15H18FNO3S. The fraction of sp³-hybridized carbons (Fsp3) is 0.467. The Morgan fingerprint density at radius 1 is 1.43 bits per heavy atom. The molecule has 1 aromatic carbocycles. The lowest BCUT2D eigenvalue weighted by molar-refractivity contribution is -0.150. The van der Waals surface area contributed by atoms with Gasteiger partial charge in [-0.15, -0.1) is 11.8 Å². The van der Waals surface area contributed by atoms with Crippen molar-refractivity contribution in [3.8, 4) is 0 Å². The number of hydrogen-bond acceptors (Lipinski definition) is 3. The van der Waals surface area contributed by atoms with Crippen LogP contribution in [0.2, 0.25) is 0 Å². The average Bonchev–Trinajstić information content (AvgIpc) is 2.89. The summed E-state index contributed by atoms with van der Waals surface area (Å²) in [5.74, 6) is -0.986. The molecule has 0 saturated carbocycles. The van der Waals surface area contributed by atoms with E-state index in [0.717, 1.165) is 5.56 Å². The number of thioether (sulfide) groups is 1. The normalized spacial score (nSPS) is 23.0. The van der Waals surface area contributed by atoms with E-state index in [4.69, 9.17) is 5.11 Å². The van der Waals surface area contributed by atoms with E-state index >= 15 is 0 Å². The van der Waals surface area contributed by atoms with Gasteiger partial charge in [0, 0.05) is 18.7 Å². The lowest BCUT2D eigenvalue weighted by atomic mass is 10.1. The maximum Gasteiger partial charge on any atom is 0.343 e. The predicted octanol–water partition coefficient (Wildman–Crippen LogP) is 2.33. The second-order valence-electron chi connectivity index (χ2n) is 5.22. The minimum atomic E-state index is -2.29. The molecule has 1 amide bonds. The van der Waals surface area contributed by atoms with Crippen LogP contribution in [0.3, 0.4) is 0 Å². The van der Waals surface area contributed by atoms with Gasteiger partial charge in [0.25, 0.3) is 0 Å². The van der Waals surface area contributed by atoms with Crippen LogP contribution in [0.4, 0.5) is 4.39 Å². The van der Waals surface area contributed by atoms with E-state index in [-0.39, 0.29) is 30.7 Å². The SMILES string of the molecule is CC(SCc1ccccc1)C(=O)N1CCC(F)(C(=O)O)C1. The third-order valence-corrected chi connectivity index (χ3v) is 4.81. The highest BCUT2D eigenvalue weighted by atomic mass is 32.2. The Morgan fingerprint density at radius 2 is 2.10 bits per heavy atom. The minimum Gasteiger partial charge on any atom is -0.479 e. The molecule has 0 spiro atoms. The predicted molar refractivity (Wildman–Crippen MR) is 79.9 cm³/mol. The standard InChI is InChI=1S/C15H18FNO3S/c1-11(21-9-12-5-3-2-4-6-12)13(18)17-8-7-15(16,10-17)14(19)20/h2-6,11H,7-10H2,1H3,(H,19,20). The van der Waals surface area contributed by atoms with E-state index < -0.39 is 11.6 Å². The van der Waals surface area contributed by atoms with Gasteiger partial charge in [-0.25, -0.2) is 9.18 Å². The van der Waals surface area contributed by atoms with Crippen molar-refractivity contribution in [3.05, 3.63) is 35.9 Å². The maximum absolute atomic E-state index is 14.0. The number of carbonyl (C=O) groups is 2. The summed E-state index contributed by atoms with van der Waals surface area (Å²) in [7, 11) is 0. The molecule has 0 aromatic heterocycles. The van der Waals surface area contributed by atoms with Gasteiger partial charge in [0.1, 0.15) is 0 Å². The van der Waals surface area contributed by atoms with Crippen molar-refractivity contribution in [2.24, 2.45) is 0 Å². The maximum atomic E-state index is 14.0. The molecule has 2 rings (SSSR count). The smallest absolute Gasteiger partial charge is 0.343 e. The summed E-state index contributed by atoms with van der Waals surface area (Å²) < 4.78 is 14.0. The molecule has 6 heteroatoms. The molecule has 0 radical (unpaired) electrons. The Kier molecular flexibility index (Phi) is 4.88. The van der Waals surface area contributed by atoms with Gasteiger partial charge in [0.2, 0.25) is 11.6 Å². The first-order valence-electron chi connectivity index (χ1n) is 6.79. The van der Waals surface area contributed by atoms with E-state index in [1.165, 1.54) is 16.7 Å². The number of carboxylic acids is 1. The number of rotatable bonds is 5. The molecule has 2 unspecified atom stereocenters. The monoisotopic (exact) mass is 311 g/mol. The molecule has 0 aliphatic carbocycles. The van der Waals surface area contributed by atoms with Gasteiger partial charge in [0.05, 0.1) is 11.8 Å². The van der Waals surface area contributed by atoms with E-state index in [1.54, 1.807) is 6.92 Å². The highest BCUT2D eigenvalue weighted by Gasteiger charge is 2.47. The second-order valence-corrected chi connectivity index (χ2v) is 6.55. The average molecular weight is 311 g/mol. The molecule has 1 aromatic rings. The molecule has 21 heavy (non-hydrogen) atoms. The van der Waals surface area contributed by atoms with Gasteiger partial charge in [-0.3, -0.25) is 4.79 Å². The first-order valence-corrected chi connectivity index (χ1v) is 7.84. The molecule has 114 valence electrons. The summed E-state index contributed by atoms with van der Waals surface area (Å²) in [6, 6.07) is 9.77. The van der Waals surface area contributed by atoms with Crippen molar-refractivity contribution in [2.45, 2.75) is 30.0 Å². The van der Waals surface area contributed by atoms with E-state index in [2.05, 4.69) is 0 Å². The van der Waals surface area contributed by atoms with Crippen LogP contribution in [0.1, 0.15) is 18.9 Å². The Labute approximate surface area is 127 Å². The Hall–Kier alpha value is -1.56. The van der Waals surface area contributed by atoms with Crippen LogP contribution in [0.15, 0.2) is 30.3 Å². The topological polar surface area (TPSA) is 57.6 Å². The summed E-state index contributed by atoms with van der Waals surface area (Å²) in [5, 5.41) is 8.53. The number of alkyl halides is 1. The number of amides is 1. The van der Waals surface area contributed by atoms with Gasteiger partial charge < -0.3 is 10.0 Å². The second kappa shape index (κ2) is 6.47. The van der Waals surface area contributed by atoms with Crippen LogP contribution in [-0.2, 0) is 15.3 Å². The largest absolute Gasteiger partial charge is 0.479 e. The van der Waals surface area contributed by atoms with Gasteiger partial charge >= 0.3 is 5.97 Å². The van der Waals surface area contributed by atoms with Gasteiger partial charge in [-0.05, 0) is 12.5 Å². The molecule has 1 aliphatic heterocycles. The highest BCUT2D eigenvalue weighted by molar-refractivity contribution is 7.99. The number of halogens is 1. The van der Waals surface area contributed by atoms with Crippen molar-refractivity contribution < 1.29 is 19.1 Å². The summed E-state index contributed by atoms with van der Waals surface area (Å²) in [6.07, 6.45) is -0.135.